The van der Waals surface area contributed by atoms with Gasteiger partial charge in [-0.2, -0.15) is 0 Å². The van der Waals surface area contributed by atoms with Gasteiger partial charge in [-0.3, -0.25) is 0 Å². The van der Waals surface area contributed by atoms with E-state index in [0.717, 1.165) is 18.4 Å². The third-order valence-electron chi connectivity index (χ3n) is 3.59. The maximum absolute atomic E-state index is 12.0. The molecule has 0 spiro atoms. The molecule has 1 aromatic carbocycles. The van der Waals surface area contributed by atoms with Crippen molar-refractivity contribution in [2.45, 2.75) is 46.5 Å². The highest BCUT2D eigenvalue weighted by Crippen LogP contribution is 2.18. The first-order chi connectivity index (χ1) is 9.10. The van der Waals surface area contributed by atoms with E-state index in [2.05, 4.69) is 13.8 Å². The lowest BCUT2D eigenvalue weighted by Crippen LogP contribution is -2.15. The highest BCUT2D eigenvalue weighted by molar-refractivity contribution is 5.92. The molecular weight excluding hydrogens is 238 g/mol. The number of hydrogen-bond acceptors (Lipinski definition) is 3. The Labute approximate surface area is 116 Å². The summed E-state index contributed by atoms with van der Waals surface area (Å²) in [6.07, 6.45) is 4.53. The summed E-state index contributed by atoms with van der Waals surface area (Å²) < 4.78 is 5.42. The Bertz CT molecular complexity index is 415. The average Bonchev–Trinajstić information content (AvgIpc) is 2.42. The Kier molecular flexibility index (Phi) is 6.40. The van der Waals surface area contributed by atoms with Crippen LogP contribution in [0.25, 0.3) is 0 Å². The van der Waals surface area contributed by atoms with Gasteiger partial charge >= 0.3 is 5.97 Å². The van der Waals surface area contributed by atoms with Crippen LogP contribution in [0.3, 0.4) is 0 Å². The Morgan fingerprint density at radius 2 is 2.11 bits per heavy atom. The molecule has 3 nitrogen and oxygen atoms in total. The number of carbonyl (C=O) groups excluding carboxylic acids is 1. The fourth-order valence-corrected chi connectivity index (χ4v) is 2.04. The number of nitrogen functional groups attached to an aromatic ring is 1. The van der Waals surface area contributed by atoms with Crippen molar-refractivity contribution in [2.24, 2.45) is 5.92 Å². The Morgan fingerprint density at radius 3 is 2.74 bits per heavy atom. The molecule has 106 valence electrons. The number of unbranched alkanes of at least 4 members (excludes halogenated alkanes) is 1. The molecule has 1 rings (SSSR count). The van der Waals surface area contributed by atoms with Crippen LogP contribution in [0.1, 0.15) is 55.5 Å². The van der Waals surface area contributed by atoms with Crippen molar-refractivity contribution >= 4 is 11.7 Å². The quantitative estimate of drug-likeness (QED) is 0.598. The smallest absolute Gasteiger partial charge is 0.338 e. The molecule has 2 N–H and O–H groups in total. The molecule has 0 aliphatic heterocycles. The zero-order valence-corrected chi connectivity index (χ0v) is 12.2. The largest absolute Gasteiger partial charge is 0.462 e. The fraction of sp³-hybridized carbons (Fsp3) is 0.562. The maximum Gasteiger partial charge on any atom is 0.338 e. The SMILES string of the molecule is CCCCC(CC)COC(=O)c1cccc(N)c1C. The van der Waals surface area contributed by atoms with Crippen LogP contribution in [-0.4, -0.2) is 12.6 Å². The van der Waals surface area contributed by atoms with Gasteiger partial charge in [-0.1, -0.05) is 39.2 Å². The van der Waals surface area contributed by atoms with E-state index in [1.807, 2.05) is 6.92 Å². The summed E-state index contributed by atoms with van der Waals surface area (Å²) >= 11 is 0. The van der Waals surface area contributed by atoms with Crippen LogP contribution in [0.4, 0.5) is 5.69 Å². The predicted octanol–water partition coefficient (Wildman–Crippen LogP) is 3.95. The van der Waals surface area contributed by atoms with Crippen LogP contribution in [-0.2, 0) is 4.74 Å². The van der Waals surface area contributed by atoms with Gasteiger partial charge in [0.1, 0.15) is 0 Å². The Hall–Kier alpha value is -1.51. The first-order valence-corrected chi connectivity index (χ1v) is 7.12. The molecule has 0 heterocycles. The number of anilines is 1. The summed E-state index contributed by atoms with van der Waals surface area (Å²) in [5.74, 6) is 0.199. The zero-order valence-electron chi connectivity index (χ0n) is 12.2. The number of benzene rings is 1. The molecular formula is C16H25NO2. The monoisotopic (exact) mass is 263 g/mol. The number of carbonyl (C=O) groups is 1. The molecule has 0 aromatic heterocycles. The summed E-state index contributed by atoms with van der Waals surface area (Å²) in [4.78, 5) is 12.0. The molecule has 3 heteroatoms. The van der Waals surface area contributed by atoms with E-state index in [-0.39, 0.29) is 5.97 Å². The first kappa shape index (κ1) is 15.5. The highest BCUT2D eigenvalue weighted by Gasteiger charge is 2.14. The minimum Gasteiger partial charge on any atom is -0.462 e. The van der Waals surface area contributed by atoms with Crippen molar-refractivity contribution in [3.8, 4) is 0 Å². The van der Waals surface area contributed by atoms with Gasteiger partial charge in [0.05, 0.1) is 12.2 Å². The lowest BCUT2D eigenvalue weighted by Gasteiger charge is -2.15. The van der Waals surface area contributed by atoms with E-state index in [9.17, 15) is 4.79 Å². The Balaban J connectivity index is 2.57. The van der Waals surface area contributed by atoms with Gasteiger partial charge in [-0.15, -0.1) is 0 Å². The van der Waals surface area contributed by atoms with Crippen LogP contribution >= 0.6 is 0 Å². The molecule has 0 bridgehead atoms. The van der Waals surface area contributed by atoms with E-state index >= 15 is 0 Å². The number of rotatable bonds is 7. The third kappa shape index (κ3) is 4.58. The molecule has 0 radical (unpaired) electrons. The van der Waals surface area contributed by atoms with E-state index in [4.69, 9.17) is 10.5 Å². The second-order valence-electron chi connectivity index (χ2n) is 5.03. The van der Waals surface area contributed by atoms with Crippen molar-refractivity contribution in [3.63, 3.8) is 0 Å². The van der Waals surface area contributed by atoms with E-state index in [1.165, 1.54) is 12.8 Å². The lowest BCUT2D eigenvalue weighted by atomic mass is 10.0. The van der Waals surface area contributed by atoms with Gasteiger partial charge in [-0.05, 0) is 37.0 Å². The lowest BCUT2D eigenvalue weighted by molar-refractivity contribution is 0.0427. The fourth-order valence-electron chi connectivity index (χ4n) is 2.04. The number of ether oxygens (including phenoxy) is 1. The maximum atomic E-state index is 12.0. The van der Waals surface area contributed by atoms with E-state index in [1.54, 1.807) is 18.2 Å². The number of esters is 1. The minimum absolute atomic E-state index is 0.264. The average molecular weight is 263 g/mol. The van der Waals surface area contributed by atoms with Gasteiger partial charge in [0.15, 0.2) is 0 Å². The van der Waals surface area contributed by atoms with E-state index < -0.39 is 0 Å². The molecule has 1 atom stereocenters. The molecule has 0 saturated carbocycles. The summed E-state index contributed by atoms with van der Waals surface area (Å²) in [5, 5.41) is 0. The minimum atomic E-state index is -0.264. The van der Waals surface area contributed by atoms with Crippen LogP contribution < -0.4 is 5.73 Å². The first-order valence-electron chi connectivity index (χ1n) is 7.12. The second kappa shape index (κ2) is 7.82. The van der Waals surface area contributed by atoms with E-state index in [0.29, 0.717) is 23.8 Å². The summed E-state index contributed by atoms with van der Waals surface area (Å²) in [5.41, 5.74) is 7.80. The molecule has 0 aliphatic carbocycles. The molecule has 1 aromatic rings. The molecule has 1 unspecified atom stereocenters. The van der Waals surface area contributed by atoms with Gasteiger partial charge in [0.2, 0.25) is 0 Å². The normalized spacial score (nSPS) is 12.2. The van der Waals surface area contributed by atoms with Crippen LogP contribution in [0.2, 0.25) is 0 Å². The van der Waals surface area contributed by atoms with Gasteiger partial charge in [0, 0.05) is 5.69 Å². The predicted molar refractivity (Wildman–Crippen MR) is 79.2 cm³/mol. The zero-order chi connectivity index (χ0) is 14.3. The molecule has 0 fully saturated rings. The second-order valence-corrected chi connectivity index (χ2v) is 5.03. The molecule has 19 heavy (non-hydrogen) atoms. The van der Waals surface area contributed by atoms with Crippen LogP contribution in [0.5, 0.6) is 0 Å². The summed E-state index contributed by atoms with van der Waals surface area (Å²) in [6.45, 7) is 6.67. The van der Waals surface area contributed by atoms with Crippen LogP contribution in [0, 0.1) is 12.8 Å². The number of hydrogen-bond donors (Lipinski definition) is 1. The van der Waals surface area contributed by atoms with Crippen molar-refractivity contribution in [2.75, 3.05) is 12.3 Å². The highest BCUT2D eigenvalue weighted by atomic mass is 16.5. The van der Waals surface area contributed by atoms with Crippen molar-refractivity contribution in [1.29, 1.82) is 0 Å². The molecule has 0 saturated heterocycles. The van der Waals surface area contributed by atoms with Gasteiger partial charge < -0.3 is 10.5 Å². The van der Waals surface area contributed by atoms with Crippen molar-refractivity contribution in [3.05, 3.63) is 29.3 Å². The number of nitrogens with two attached hydrogens (primary N) is 1. The standard InChI is InChI=1S/C16H25NO2/c1-4-6-8-13(5-2)11-19-16(18)14-9-7-10-15(17)12(14)3/h7,9-10,13H,4-6,8,11,17H2,1-3H3. The van der Waals surface area contributed by atoms with Crippen molar-refractivity contribution < 1.29 is 9.53 Å². The topological polar surface area (TPSA) is 52.3 Å². The van der Waals surface area contributed by atoms with Crippen molar-refractivity contribution in [1.82, 2.24) is 0 Å². The summed E-state index contributed by atoms with van der Waals surface area (Å²) in [7, 11) is 0. The summed E-state index contributed by atoms with van der Waals surface area (Å²) in [6, 6.07) is 5.34. The molecule has 0 aliphatic rings. The van der Waals surface area contributed by atoms with Crippen LogP contribution in [0.15, 0.2) is 18.2 Å². The Morgan fingerprint density at radius 1 is 1.37 bits per heavy atom. The third-order valence-corrected chi connectivity index (χ3v) is 3.59. The van der Waals surface area contributed by atoms with Gasteiger partial charge in [0.25, 0.3) is 0 Å². The van der Waals surface area contributed by atoms with Gasteiger partial charge in [-0.25, -0.2) is 4.79 Å². The molecule has 0 amide bonds.